The molecule has 64 heavy (non-hydrogen) atoms. The van der Waals surface area contributed by atoms with Crippen LogP contribution in [-0.4, -0.2) is 119 Å². The fourth-order valence-corrected chi connectivity index (χ4v) is 10.2. The van der Waals surface area contributed by atoms with Gasteiger partial charge in [-0.1, -0.05) is 18.2 Å². The predicted molar refractivity (Wildman–Crippen MR) is 236 cm³/mol. The minimum atomic E-state index is -0.929. The van der Waals surface area contributed by atoms with E-state index in [9.17, 15) is 19.2 Å². The van der Waals surface area contributed by atoms with E-state index in [0.29, 0.717) is 50.7 Å². The Morgan fingerprint density at radius 1 is 0.797 bits per heavy atom. The molecule has 5 aromatic rings. The highest BCUT2D eigenvalue weighted by molar-refractivity contribution is 6.07. The predicted octanol–water partition coefficient (Wildman–Crippen LogP) is 6.68. The van der Waals surface area contributed by atoms with Gasteiger partial charge < -0.3 is 54.1 Å². The van der Waals surface area contributed by atoms with Crippen molar-refractivity contribution >= 4 is 45.8 Å². The molecule has 0 spiro atoms. The fraction of sp³-hybridized carbons (Fsp3) is 0.489. The summed E-state index contributed by atoms with van der Waals surface area (Å²) in [5, 5.41) is 7.45. The third-order valence-corrected chi connectivity index (χ3v) is 13.8. The second-order valence-electron chi connectivity index (χ2n) is 17.5. The minimum absolute atomic E-state index is 0.0424. The molecule has 0 saturated carbocycles. The molecule has 9 rings (SSSR count). The number of carbonyl (C=O) groups is 4. The fourth-order valence-electron chi connectivity index (χ4n) is 10.2. The van der Waals surface area contributed by atoms with Crippen LogP contribution in [0.1, 0.15) is 88.6 Å². The Morgan fingerprint density at radius 3 is 2.22 bits per heavy atom. The van der Waals surface area contributed by atoms with Crippen molar-refractivity contribution in [2.45, 2.75) is 108 Å². The second kappa shape index (κ2) is 17.8. The van der Waals surface area contributed by atoms with Gasteiger partial charge in [-0.3, -0.25) is 9.59 Å². The third-order valence-electron chi connectivity index (χ3n) is 13.8. The molecule has 0 radical (unpaired) electrons. The number of hydrogen-bond donors (Lipinski definition) is 4. The molecular formula is C47H56N8O9. The Bertz CT molecular complexity index is 2590. The summed E-state index contributed by atoms with van der Waals surface area (Å²) in [6, 6.07) is 12.2. The van der Waals surface area contributed by atoms with Crippen molar-refractivity contribution in [2.24, 2.45) is 5.92 Å². The molecular weight excluding hydrogens is 821 g/mol. The molecule has 4 aliphatic rings. The van der Waals surface area contributed by atoms with Gasteiger partial charge in [0.05, 0.1) is 55.3 Å². The number of benzene rings is 3. The smallest absolute Gasteiger partial charge is 0.407 e. The average Bonchev–Trinajstić information content (AvgIpc) is 4.14. The quantitative estimate of drug-likeness (QED) is 0.117. The molecule has 7 atom stereocenters. The molecule has 17 heteroatoms. The van der Waals surface area contributed by atoms with Crippen molar-refractivity contribution in [2.75, 3.05) is 34.5 Å². The maximum atomic E-state index is 14.4. The van der Waals surface area contributed by atoms with E-state index in [-0.39, 0.29) is 41.9 Å². The lowest BCUT2D eigenvalue weighted by molar-refractivity contribution is -0.140. The Morgan fingerprint density at radius 2 is 1.50 bits per heavy atom. The SMILES string of the molecule is COC(=O)NC(C(=O)N1[C@@H](C)CC[C@H]1c1nc2c(ccc3cc4c(cc32)OCc2cc(-c3cnc([C@@H]5CC[C@H](C)N5C(=O)[C@@H](NC(=O)OC)C(C)OC)[nH]3)ccc2-4)[nH]1)C1CCOCC1. The highest BCUT2D eigenvalue weighted by Gasteiger charge is 2.44. The molecule has 6 heterocycles. The number of methoxy groups -OCH3 is 3. The summed E-state index contributed by atoms with van der Waals surface area (Å²) in [6.07, 6.45) is 4.28. The van der Waals surface area contributed by atoms with Gasteiger partial charge in [0.15, 0.2) is 0 Å². The van der Waals surface area contributed by atoms with Gasteiger partial charge in [-0.2, -0.15) is 0 Å². The van der Waals surface area contributed by atoms with E-state index >= 15 is 0 Å². The summed E-state index contributed by atoms with van der Waals surface area (Å²) >= 11 is 0. The van der Waals surface area contributed by atoms with Crippen LogP contribution in [0, 0.1) is 5.92 Å². The first-order valence-electron chi connectivity index (χ1n) is 22.2. The lowest BCUT2D eigenvalue weighted by Gasteiger charge is -2.36. The lowest BCUT2D eigenvalue weighted by atomic mass is 9.90. The Hall–Kier alpha value is -6.20. The van der Waals surface area contributed by atoms with Gasteiger partial charge in [-0.05, 0) is 112 Å². The molecule has 2 unspecified atom stereocenters. The van der Waals surface area contributed by atoms with Gasteiger partial charge in [-0.15, -0.1) is 0 Å². The summed E-state index contributed by atoms with van der Waals surface area (Å²) in [5.74, 6) is 1.69. The number of H-pyrrole nitrogens is 2. The number of imidazole rings is 2. The molecule has 2 aromatic heterocycles. The number of aromatic nitrogens is 4. The number of likely N-dealkylation sites (tertiary alicyclic amines) is 2. The van der Waals surface area contributed by atoms with Crippen molar-refractivity contribution < 1.29 is 42.9 Å². The molecule has 3 aromatic carbocycles. The van der Waals surface area contributed by atoms with Crippen molar-refractivity contribution in [3.05, 3.63) is 65.9 Å². The van der Waals surface area contributed by atoms with E-state index in [0.717, 1.165) is 74.8 Å². The van der Waals surface area contributed by atoms with E-state index in [4.69, 9.17) is 33.7 Å². The molecule has 0 aliphatic carbocycles. The van der Waals surface area contributed by atoms with Gasteiger partial charge in [0.25, 0.3) is 0 Å². The molecule has 4 aliphatic heterocycles. The number of amides is 4. The second-order valence-corrected chi connectivity index (χ2v) is 17.5. The summed E-state index contributed by atoms with van der Waals surface area (Å²) < 4.78 is 27.2. The Balaban J connectivity index is 0.963. The van der Waals surface area contributed by atoms with E-state index < -0.39 is 30.4 Å². The number of nitrogens with zero attached hydrogens (tertiary/aromatic N) is 4. The van der Waals surface area contributed by atoms with Crippen molar-refractivity contribution in [1.29, 1.82) is 0 Å². The van der Waals surface area contributed by atoms with Crippen LogP contribution in [0.25, 0.3) is 44.2 Å². The van der Waals surface area contributed by atoms with Crippen LogP contribution in [-0.2, 0) is 35.1 Å². The van der Waals surface area contributed by atoms with Crippen LogP contribution in [0.15, 0.2) is 48.7 Å². The van der Waals surface area contributed by atoms with E-state index in [2.05, 4.69) is 63.9 Å². The number of rotatable bonds is 10. The maximum absolute atomic E-state index is 14.4. The molecule has 0 bridgehead atoms. The summed E-state index contributed by atoms with van der Waals surface area (Å²) in [4.78, 5) is 73.6. The zero-order valence-electron chi connectivity index (χ0n) is 37.1. The van der Waals surface area contributed by atoms with Crippen LogP contribution < -0.4 is 15.4 Å². The van der Waals surface area contributed by atoms with Gasteiger partial charge >= 0.3 is 12.2 Å². The Labute approximate surface area is 370 Å². The molecule has 338 valence electrons. The normalized spacial score (nSPS) is 22.3. The van der Waals surface area contributed by atoms with Crippen molar-refractivity contribution in [3.63, 3.8) is 0 Å². The average molecular weight is 877 g/mol. The first-order valence-corrected chi connectivity index (χ1v) is 22.2. The number of nitrogens with one attached hydrogen (secondary N) is 4. The van der Waals surface area contributed by atoms with Crippen molar-refractivity contribution in [3.8, 4) is 28.1 Å². The number of hydrogen-bond acceptors (Lipinski definition) is 11. The van der Waals surface area contributed by atoms with Crippen LogP contribution in [0.2, 0.25) is 0 Å². The molecule has 3 saturated heterocycles. The number of carbonyl (C=O) groups excluding carboxylic acids is 4. The monoisotopic (exact) mass is 876 g/mol. The van der Waals surface area contributed by atoms with Gasteiger partial charge in [0, 0.05) is 43.4 Å². The summed E-state index contributed by atoms with van der Waals surface area (Å²) in [5.41, 5.74) is 6.50. The van der Waals surface area contributed by atoms with E-state index in [1.165, 1.54) is 21.3 Å². The zero-order valence-corrected chi connectivity index (χ0v) is 37.1. The minimum Gasteiger partial charge on any atom is -0.488 e. The van der Waals surface area contributed by atoms with E-state index in [1.54, 1.807) is 18.0 Å². The molecule has 17 nitrogen and oxygen atoms in total. The Kier molecular flexibility index (Phi) is 11.9. The number of ether oxygens (including phenoxy) is 5. The standard InChI is InChI=1S/C47H56N8O9/c1-24-7-13-36(54(24)44(56)39(26(3)60-4)52-46(58)61-5)42-48-22-35(50-42)29-9-11-31-30(19-29)23-64-38-21-32-28(20-33(31)38)10-12-34-41(32)51-43(49-34)37-14-8-25(2)55(37)45(57)40(53-47(59)62-6)27-15-17-63-18-16-27/h9-12,19-22,24-27,36-37,39-40H,7-8,13-18,23H2,1-6H3,(H,48,50)(H,49,51)(H,52,58)(H,53,59)/t24-,25-,26?,36-,37-,39-,40?/m0/s1. The van der Waals surface area contributed by atoms with E-state index in [1.807, 2.05) is 17.9 Å². The van der Waals surface area contributed by atoms with Gasteiger partial charge in [0.2, 0.25) is 11.8 Å². The van der Waals surface area contributed by atoms with Crippen LogP contribution in [0.4, 0.5) is 9.59 Å². The first-order chi connectivity index (χ1) is 31.0. The van der Waals surface area contributed by atoms with Crippen molar-refractivity contribution in [1.82, 2.24) is 40.4 Å². The zero-order chi connectivity index (χ0) is 44.8. The third kappa shape index (κ3) is 7.88. The molecule has 3 fully saturated rings. The lowest BCUT2D eigenvalue weighted by Crippen LogP contribution is -2.55. The van der Waals surface area contributed by atoms with Crippen LogP contribution in [0.3, 0.4) is 0 Å². The van der Waals surface area contributed by atoms with Gasteiger partial charge in [-0.25, -0.2) is 19.6 Å². The molecule has 4 amide bonds. The van der Waals surface area contributed by atoms with Gasteiger partial charge in [0.1, 0.15) is 36.1 Å². The topological polar surface area (TPSA) is 202 Å². The maximum Gasteiger partial charge on any atom is 0.407 e. The highest BCUT2D eigenvalue weighted by Crippen LogP contribution is 2.44. The molecule has 4 N–H and O–H groups in total. The number of fused-ring (bicyclic) bond motifs is 6. The number of alkyl carbamates (subject to hydrolysis) is 2. The summed E-state index contributed by atoms with van der Waals surface area (Å²) in [7, 11) is 4.07. The number of aromatic amines is 2. The van der Waals surface area contributed by atoms with Crippen LogP contribution in [0.5, 0.6) is 5.75 Å². The van der Waals surface area contributed by atoms with Crippen LogP contribution >= 0.6 is 0 Å². The first kappa shape index (κ1) is 43.1. The highest BCUT2D eigenvalue weighted by atomic mass is 16.5. The largest absolute Gasteiger partial charge is 0.488 e. The summed E-state index contributed by atoms with van der Waals surface area (Å²) in [6.45, 7) is 7.24.